The Kier molecular flexibility index (Phi) is 5.24. The molecule has 0 aliphatic carbocycles. The molecule has 0 saturated carbocycles. The third kappa shape index (κ3) is 3.90. The van der Waals surface area contributed by atoms with E-state index >= 15 is 0 Å². The molecule has 0 atom stereocenters. The molecule has 2 aromatic rings. The second-order valence-electron chi connectivity index (χ2n) is 7.53. The van der Waals surface area contributed by atoms with Gasteiger partial charge in [-0.2, -0.15) is 5.10 Å². The van der Waals surface area contributed by atoms with Crippen LogP contribution in [0.4, 0.5) is 20.2 Å². The number of hydrogen-bond donors (Lipinski definition) is 2. The van der Waals surface area contributed by atoms with E-state index in [0.717, 1.165) is 33.9 Å². The molecule has 0 aromatic heterocycles. The van der Waals surface area contributed by atoms with Crippen molar-refractivity contribution in [2.75, 3.05) is 31.1 Å². The average Bonchev–Trinajstić information content (AvgIpc) is 2.77. The fourth-order valence-corrected chi connectivity index (χ4v) is 3.84. The highest BCUT2D eigenvalue weighted by Gasteiger charge is 2.34. The molecule has 2 heterocycles. The van der Waals surface area contributed by atoms with Crippen LogP contribution in [0.25, 0.3) is 5.70 Å². The van der Waals surface area contributed by atoms with Gasteiger partial charge in [-0.3, -0.25) is 0 Å². The Morgan fingerprint density at radius 2 is 1.70 bits per heavy atom. The molecule has 0 spiro atoms. The quantitative estimate of drug-likeness (QED) is 0.347. The van der Waals surface area contributed by atoms with Gasteiger partial charge in [-0.1, -0.05) is 12.6 Å². The lowest BCUT2D eigenvalue weighted by molar-refractivity contribution is -0.0450. The Bertz CT molecular complexity index is 964. The highest BCUT2D eigenvalue weighted by atomic mass is 19.3. The third-order valence-corrected chi connectivity index (χ3v) is 5.65. The maximum Gasteiger partial charge on any atom is 0.251 e. The number of anilines is 2. The van der Waals surface area contributed by atoms with Gasteiger partial charge in [-0.05, 0) is 36.4 Å². The molecular formula is C22H25F2N5O. The van der Waals surface area contributed by atoms with E-state index in [0.29, 0.717) is 26.2 Å². The second-order valence-corrected chi connectivity index (χ2v) is 7.53. The number of alkyl halides is 2. The van der Waals surface area contributed by atoms with Crippen LogP contribution in [-0.2, 0) is 0 Å². The number of hydrazone groups is 1. The smallest absolute Gasteiger partial charge is 0.251 e. The van der Waals surface area contributed by atoms with Gasteiger partial charge < -0.3 is 26.1 Å². The molecule has 30 heavy (non-hydrogen) atoms. The summed E-state index contributed by atoms with van der Waals surface area (Å²) < 4.78 is 32.8. The van der Waals surface area contributed by atoms with Crippen molar-refractivity contribution in [3.63, 3.8) is 0 Å². The van der Waals surface area contributed by atoms with Gasteiger partial charge in [0.25, 0.3) is 5.92 Å². The first-order chi connectivity index (χ1) is 14.4. The summed E-state index contributed by atoms with van der Waals surface area (Å²) in [6.07, 6.45) is -0.284. The molecule has 158 valence electrons. The second kappa shape index (κ2) is 7.85. The zero-order chi connectivity index (χ0) is 21.3. The van der Waals surface area contributed by atoms with E-state index in [4.69, 9.17) is 16.3 Å². The number of ether oxygens (including phenoxy) is 1. The monoisotopic (exact) mass is 413 g/mol. The number of amidine groups is 1. The molecule has 2 aliphatic rings. The molecule has 0 unspecified atom stereocenters. The van der Waals surface area contributed by atoms with Crippen molar-refractivity contribution in [2.24, 2.45) is 16.7 Å². The van der Waals surface area contributed by atoms with Crippen LogP contribution in [0.1, 0.15) is 24.0 Å². The summed E-state index contributed by atoms with van der Waals surface area (Å²) in [7, 11) is 0. The van der Waals surface area contributed by atoms with Crippen LogP contribution in [-0.4, -0.2) is 42.9 Å². The van der Waals surface area contributed by atoms with E-state index in [2.05, 4.69) is 16.6 Å². The number of nitrogens with two attached hydrogens (primary N) is 2. The van der Waals surface area contributed by atoms with Gasteiger partial charge in [0.2, 0.25) is 0 Å². The molecule has 0 radical (unpaired) electrons. The maximum atomic E-state index is 13.5. The van der Waals surface area contributed by atoms with Crippen molar-refractivity contribution >= 4 is 22.9 Å². The third-order valence-electron chi connectivity index (χ3n) is 5.65. The van der Waals surface area contributed by atoms with Crippen LogP contribution in [0.2, 0.25) is 0 Å². The number of nitrogens with zero attached hydrogens (tertiary/aromatic N) is 3. The molecular weight excluding hydrogens is 388 g/mol. The Hall–Kier alpha value is -3.29. The fourth-order valence-electron chi connectivity index (χ4n) is 3.84. The van der Waals surface area contributed by atoms with Gasteiger partial charge in [-0.25, -0.2) is 8.78 Å². The molecule has 1 saturated heterocycles. The predicted molar refractivity (Wildman–Crippen MR) is 115 cm³/mol. The van der Waals surface area contributed by atoms with Gasteiger partial charge in [0.05, 0.1) is 12.2 Å². The van der Waals surface area contributed by atoms with E-state index < -0.39 is 5.92 Å². The summed E-state index contributed by atoms with van der Waals surface area (Å²) >= 11 is 0. The van der Waals surface area contributed by atoms with E-state index in [1.807, 2.05) is 47.4 Å². The van der Waals surface area contributed by atoms with Crippen molar-refractivity contribution in [3.8, 4) is 5.75 Å². The molecule has 2 aromatic carbocycles. The minimum Gasteiger partial charge on any atom is -0.490 e. The Labute approximate surface area is 174 Å². The van der Waals surface area contributed by atoms with Crippen molar-refractivity contribution in [2.45, 2.75) is 18.8 Å². The number of hydrogen-bond acceptors (Lipinski definition) is 5. The molecule has 6 nitrogen and oxygen atoms in total. The van der Waals surface area contributed by atoms with Gasteiger partial charge in [0.15, 0.2) is 0 Å². The standard InChI is InChI=1S/C22H25F2N5O/c1-15(28-10-8-22(23,24)9-11-28)17-4-7-19-20(14-17)30-13-12-29(19)18-5-2-16(3-6-18)21(25)27-26/h2-7,14H,1,8-13,26H2,(H2,25,27). The van der Waals surface area contributed by atoms with Crippen LogP contribution in [0.15, 0.2) is 54.1 Å². The van der Waals surface area contributed by atoms with Crippen LogP contribution in [0.5, 0.6) is 5.75 Å². The van der Waals surface area contributed by atoms with E-state index in [9.17, 15) is 8.78 Å². The topological polar surface area (TPSA) is 80.1 Å². The van der Waals surface area contributed by atoms with Gasteiger partial charge in [0, 0.05) is 48.4 Å². The molecule has 0 bridgehead atoms. The van der Waals surface area contributed by atoms with Crippen LogP contribution < -0.4 is 21.2 Å². The summed E-state index contributed by atoms with van der Waals surface area (Å²) in [6.45, 7) is 5.98. The largest absolute Gasteiger partial charge is 0.490 e. The number of piperidine rings is 1. The summed E-state index contributed by atoms with van der Waals surface area (Å²) in [5.74, 6) is 3.69. The number of fused-ring (bicyclic) bond motifs is 1. The minimum atomic E-state index is -2.58. The Morgan fingerprint density at radius 3 is 2.37 bits per heavy atom. The average molecular weight is 413 g/mol. The fraction of sp³-hybridized carbons (Fsp3) is 0.318. The molecule has 0 amide bonds. The first-order valence-corrected chi connectivity index (χ1v) is 9.88. The molecule has 1 fully saturated rings. The predicted octanol–water partition coefficient (Wildman–Crippen LogP) is 3.50. The van der Waals surface area contributed by atoms with E-state index in [-0.39, 0.29) is 18.7 Å². The molecule has 2 aliphatic heterocycles. The van der Waals surface area contributed by atoms with Crippen LogP contribution in [0, 0.1) is 0 Å². The van der Waals surface area contributed by atoms with Crippen LogP contribution >= 0.6 is 0 Å². The Morgan fingerprint density at radius 1 is 1.03 bits per heavy atom. The summed E-state index contributed by atoms with van der Waals surface area (Å²) in [4.78, 5) is 4.08. The normalized spacial score (nSPS) is 18.5. The zero-order valence-electron chi connectivity index (χ0n) is 16.7. The summed E-state index contributed by atoms with van der Waals surface area (Å²) in [5.41, 5.74) is 10.1. The summed E-state index contributed by atoms with van der Waals surface area (Å²) in [5, 5.41) is 3.52. The number of likely N-dealkylation sites (tertiary alicyclic amines) is 1. The Balaban J connectivity index is 1.55. The molecule has 4 N–H and O–H groups in total. The van der Waals surface area contributed by atoms with Crippen molar-refractivity contribution in [3.05, 3.63) is 60.2 Å². The van der Waals surface area contributed by atoms with Crippen molar-refractivity contribution < 1.29 is 13.5 Å². The summed E-state index contributed by atoms with van der Waals surface area (Å²) in [6, 6.07) is 13.5. The molecule has 8 heteroatoms. The van der Waals surface area contributed by atoms with Gasteiger partial charge in [-0.15, -0.1) is 0 Å². The lowest BCUT2D eigenvalue weighted by Crippen LogP contribution is -2.38. The highest BCUT2D eigenvalue weighted by molar-refractivity contribution is 5.97. The zero-order valence-corrected chi connectivity index (χ0v) is 16.7. The lowest BCUT2D eigenvalue weighted by atomic mass is 10.0. The van der Waals surface area contributed by atoms with Crippen LogP contribution in [0.3, 0.4) is 0 Å². The van der Waals surface area contributed by atoms with Crippen molar-refractivity contribution in [1.82, 2.24) is 4.90 Å². The molecule has 4 rings (SSSR count). The first kappa shape index (κ1) is 20.0. The number of halogens is 2. The SMILES string of the molecule is C=C(c1ccc2c(c1)OCCN2c1ccc(/C(N)=N/N)cc1)N1CCC(F)(F)CC1. The number of rotatable bonds is 4. The highest BCUT2D eigenvalue weighted by Crippen LogP contribution is 2.39. The van der Waals surface area contributed by atoms with Crippen molar-refractivity contribution in [1.29, 1.82) is 0 Å². The lowest BCUT2D eigenvalue weighted by Gasteiger charge is -2.35. The number of benzene rings is 2. The first-order valence-electron chi connectivity index (χ1n) is 9.88. The van der Waals surface area contributed by atoms with E-state index in [1.165, 1.54) is 0 Å². The van der Waals surface area contributed by atoms with Gasteiger partial charge in [0.1, 0.15) is 18.2 Å². The van der Waals surface area contributed by atoms with E-state index in [1.54, 1.807) is 0 Å². The maximum absolute atomic E-state index is 13.5. The minimum absolute atomic E-state index is 0.142. The van der Waals surface area contributed by atoms with Gasteiger partial charge >= 0.3 is 0 Å².